The van der Waals surface area contributed by atoms with Crippen molar-refractivity contribution in [3.05, 3.63) is 51.9 Å². The summed E-state index contributed by atoms with van der Waals surface area (Å²) in [6.07, 6.45) is 1.75. The first-order valence-corrected chi connectivity index (χ1v) is 8.02. The van der Waals surface area contributed by atoms with Gasteiger partial charge in [-0.1, -0.05) is 29.8 Å². The van der Waals surface area contributed by atoms with Crippen LogP contribution < -0.4 is 10.2 Å². The fraction of sp³-hybridized carbons (Fsp3) is 0.412. The van der Waals surface area contributed by atoms with Gasteiger partial charge in [-0.05, 0) is 36.8 Å². The standard InChI is InChI=1S/C17H23BrN2O/c1-12(2)19-10-15-9-16(18)5-6-17(15)20(4)11-14-7-8-21-13(14)3/h5-9,12,19H,10-11H2,1-4H3. The Kier molecular flexibility index (Phi) is 5.48. The monoisotopic (exact) mass is 350 g/mol. The Hall–Kier alpha value is -1.26. The zero-order chi connectivity index (χ0) is 15.4. The van der Waals surface area contributed by atoms with Crippen LogP contribution in [0, 0.1) is 6.92 Å². The quantitative estimate of drug-likeness (QED) is 0.832. The van der Waals surface area contributed by atoms with Crippen LogP contribution >= 0.6 is 15.9 Å². The van der Waals surface area contributed by atoms with E-state index >= 15 is 0 Å². The fourth-order valence-corrected chi connectivity index (χ4v) is 2.71. The van der Waals surface area contributed by atoms with Gasteiger partial charge in [0.05, 0.1) is 6.26 Å². The van der Waals surface area contributed by atoms with Crippen molar-refractivity contribution < 1.29 is 4.42 Å². The van der Waals surface area contributed by atoms with Gasteiger partial charge in [-0.3, -0.25) is 0 Å². The maximum absolute atomic E-state index is 5.38. The molecule has 4 heteroatoms. The summed E-state index contributed by atoms with van der Waals surface area (Å²) in [5.41, 5.74) is 3.76. The number of hydrogen-bond donors (Lipinski definition) is 1. The van der Waals surface area contributed by atoms with Crippen LogP contribution in [0.3, 0.4) is 0 Å². The lowest BCUT2D eigenvalue weighted by atomic mass is 10.1. The Morgan fingerprint density at radius 2 is 2.00 bits per heavy atom. The molecule has 0 fully saturated rings. The van der Waals surface area contributed by atoms with Gasteiger partial charge in [0.1, 0.15) is 5.76 Å². The molecule has 0 saturated heterocycles. The van der Waals surface area contributed by atoms with E-state index < -0.39 is 0 Å². The van der Waals surface area contributed by atoms with Gasteiger partial charge in [-0.2, -0.15) is 0 Å². The third-order valence-corrected chi connectivity index (χ3v) is 4.02. The number of nitrogens with one attached hydrogen (secondary N) is 1. The van der Waals surface area contributed by atoms with Gasteiger partial charge in [0.25, 0.3) is 0 Å². The van der Waals surface area contributed by atoms with E-state index in [1.807, 2.05) is 13.0 Å². The molecular formula is C17H23BrN2O. The van der Waals surface area contributed by atoms with Crippen LogP contribution in [0.25, 0.3) is 0 Å². The highest BCUT2D eigenvalue weighted by Crippen LogP contribution is 2.26. The molecule has 1 heterocycles. The summed E-state index contributed by atoms with van der Waals surface area (Å²) >= 11 is 3.56. The predicted octanol–water partition coefficient (Wildman–Crippen LogP) is 4.48. The molecule has 0 atom stereocenters. The molecule has 1 aromatic carbocycles. The number of halogens is 1. The number of anilines is 1. The van der Waals surface area contributed by atoms with E-state index in [0.29, 0.717) is 6.04 Å². The number of benzene rings is 1. The summed E-state index contributed by atoms with van der Waals surface area (Å²) in [5.74, 6) is 0.987. The molecule has 3 nitrogen and oxygen atoms in total. The molecule has 0 aliphatic heterocycles. The van der Waals surface area contributed by atoms with Gasteiger partial charge >= 0.3 is 0 Å². The van der Waals surface area contributed by atoms with Crippen LogP contribution in [0.15, 0.2) is 39.4 Å². The average molecular weight is 351 g/mol. The molecule has 0 amide bonds. The number of aryl methyl sites for hydroxylation is 1. The molecule has 0 aliphatic carbocycles. The first-order chi connectivity index (χ1) is 9.97. The zero-order valence-electron chi connectivity index (χ0n) is 13.1. The van der Waals surface area contributed by atoms with E-state index in [4.69, 9.17) is 4.42 Å². The number of rotatable bonds is 6. The number of hydrogen-bond acceptors (Lipinski definition) is 3. The van der Waals surface area contributed by atoms with Crippen molar-refractivity contribution in [1.29, 1.82) is 0 Å². The van der Waals surface area contributed by atoms with Crippen molar-refractivity contribution >= 4 is 21.6 Å². The third-order valence-electron chi connectivity index (χ3n) is 3.53. The molecule has 2 aromatic rings. The first kappa shape index (κ1) is 16.1. The summed E-state index contributed by atoms with van der Waals surface area (Å²) in [7, 11) is 2.12. The zero-order valence-corrected chi connectivity index (χ0v) is 14.7. The lowest BCUT2D eigenvalue weighted by Gasteiger charge is -2.23. The molecule has 0 bridgehead atoms. The Morgan fingerprint density at radius 3 is 2.62 bits per heavy atom. The predicted molar refractivity (Wildman–Crippen MR) is 91.7 cm³/mol. The highest BCUT2D eigenvalue weighted by Gasteiger charge is 2.11. The Balaban J connectivity index is 2.19. The van der Waals surface area contributed by atoms with Gasteiger partial charge in [-0.25, -0.2) is 0 Å². The van der Waals surface area contributed by atoms with Crippen LogP contribution in [0.5, 0.6) is 0 Å². The van der Waals surface area contributed by atoms with Crippen LogP contribution in [0.4, 0.5) is 5.69 Å². The smallest absolute Gasteiger partial charge is 0.105 e. The molecule has 21 heavy (non-hydrogen) atoms. The first-order valence-electron chi connectivity index (χ1n) is 7.23. The summed E-state index contributed by atoms with van der Waals surface area (Å²) in [4.78, 5) is 2.27. The fourth-order valence-electron chi connectivity index (χ4n) is 2.30. The van der Waals surface area contributed by atoms with Crippen LogP contribution in [0.1, 0.15) is 30.7 Å². The minimum absolute atomic E-state index is 0.471. The Morgan fingerprint density at radius 1 is 1.24 bits per heavy atom. The van der Waals surface area contributed by atoms with Crippen molar-refractivity contribution in [2.24, 2.45) is 0 Å². The molecule has 0 spiro atoms. The minimum Gasteiger partial charge on any atom is -0.469 e. The van der Waals surface area contributed by atoms with Gasteiger partial charge in [0.2, 0.25) is 0 Å². The van der Waals surface area contributed by atoms with Crippen molar-refractivity contribution in [3.63, 3.8) is 0 Å². The molecule has 0 radical (unpaired) electrons. The second-order valence-electron chi connectivity index (χ2n) is 5.67. The van der Waals surface area contributed by atoms with Gasteiger partial charge in [0, 0.05) is 41.9 Å². The Labute approximate surface area is 135 Å². The van der Waals surface area contributed by atoms with E-state index in [0.717, 1.165) is 23.3 Å². The van der Waals surface area contributed by atoms with Gasteiger partial charge in [0.15, 0.2) is 0 Å². The Bertz CT molecular complexity index is 592. The summed E-state index contributed by atoms with van der Waals surface area (Å²) < 4.78 is 6.49. The molecule has 0 unspecified atom stereocenters. The lowest BCUT2D eigenvalue weighted by molar-refractivity contribution is 0.529. The summed E-state index contributed by atoms with van der Waals surface area (Å²) in [6, 6.07) is 8.95. The van der Waals surface area contributed by atoms with E-state index in [1.165, 1.54) is 16.8 Å². The molecule has 114 valence electrons. The van der Waals surface area contributed by atoms with Crippen LogP contribution in [-0.4, -0.2) is 13.1 Å². The largest absolute Gasteiger partial charge is 0.469 e. The second-order valence-corrected chi connectivity index (χ2v) is 6.58. The average Bonchev–Trinajstić information content (AvgIpc) is 2.82. The molecule has 1 aromatic heterocycles. The summed E-state index contributed by atoms with van der Waals surface area (Å²) in [6.45, 7) is 8.04. The van der Waals surface area contributed by atoms with Crippen LogP contribution in [0.2, 0.25) is 0 Å². The van der Waals surface area contributed by atoms with Gasteiger partial charge in [-0.15, -0.1) is 0 Å². The number of furan rings is 1. The molecule has 0 saturated carbocycles. The van der Waals surface area contributed by atoms with E-state index in [-0.39, 0.29) is 0 Å². The van der Waals surface area contributed by atoms with Crippen molar-refractivity contribution in [2.75, 3.05) is 11.9 Å². The highest BCUT2D eigenvalue weighted by atomic mass is 79.9. The molecule has 2 rings (SSSR count). The van der Waals surface area contributed by atoms with Gasteiger partial charge < -0.3 is 14.6 Å². The minimum atomic E-state index is 0.471. The third kappa shape index (κ3) is 4.35. The maximum Gasteiger partial charge on any atom is 0.105 e. The normalized spacial score (nSPS) is 11.1. The van der Waals surface area contributed by atoms with E-state index in [2.05, 4.69) is 65.2 Å². The van der Waals surface area contributed by atoms with Crippen molar-refractivity contribution in [1.82, 2.24) is 5.32 Å². The highest BCUT2D eigenvalue weighted by molar-refractivity contribution is 9.10. The maximum atomic E-state index is 5.38. The molecule has 0 aliphatic rings. The van der Waals surface area contributed by atoms with Crippen LogP contribution in [-0.2, 0) is 13.1 Å². The summed E-state index contributed by atoms with van der Waals surface area (Å²) in [5, 5.41) is 3.49. The van der Waals surface area contributed by atoms with E-state index in [1.54, 1.807) is 6.26 Å². The lowest BCUT2D eigenvalue weighted by Crippen LogP contribution is -2.24. The van der Waals surface area contributed by atoms with E-state index in [9.17, 15) is 0 Å². The second kappa shape index (κ2) is 7.14. The topological polar surface area (TPSA) is 28.4 Å². The number of nitrogens with zero attached hydrogens (tertiary/aromatic N) is 1. The molecule has 1 N–H and O–H groups in total. The SMILES string of the molecule is Cc1occc1CN(C)c1ccc(Br)cc1CNC(C)C. The van der Waals surface area contributed by atoms with Crippen molar-refractivity contribution in [3.8, 4) is 0 Å². The van der Waals surface area contributed by atoms with Crippen molar-refractivity contribution in [2.45, 2.75) is 39.9 Å². The molecular weight excluding hydrogens is 328 g/mol.